The van der Waals surface area contributed by atoms with Gasteiger partial charge in [0.25, 0.3) is 0 Å². The molecule has 2 aliphatic heterocycles. The van der Waals surface area contributed by atoms with E-state index in [1.54, 1.807) is 7.11 Å². The van der Waals surface area contributed by atoms with Gasteiger partial charge in [-0.2, -0.15) is 0 Å². The Hall–Kier alpha value is -1.99. The fourth-order valence-corrected chi connectivity index (χ4v) is 5.13. The molecule has 1 atom stereocenters. The van der Waals surface area contributed by atoms with Gasteiger partial charge in [-0.05, 0) is 37.0 Å². The molecule has 0 radical (unpaired) electrons. The molecule has 172 valence electrons. The lowest BCUT2D eigenvalue weighted by atomic mass is 9.78. The van der Waals surface area contributed by atoms with Crippen molar-refractivity contribution in [1.82, 2.24) is 10.2 Å². The summed E-state index contributed by atoms with van der Waals surface area (Å²) in [6.45, 7) is 6.27. The van der Waals surface area contributed by atoms with Crippen LogP contribution < -0.4 is 14.8 Å². The van der Waals surface area contributed by atoms with Crippen LogP contribution in [0.25, 0.3) is 0 Å². The standard InChI is InChI=1S/C24H37N3O4/c1-25-23(27-10-7-19(16-27)17-29-12-11-28-2)26-18-24(8-3-4-9-24)20-5-6-21-22(15-20)31-14-13-30-21/h5-6,15,19H,3-4,7-14,16-18H2,1-2H3,(H,25,26). The number of rotatable bonds is 8. The summed E-state index contributed by atoms with van der Waals surface area (Å²) in [6.07, 6.45) is 6.04. The van der Waals surface area contributed by atoms with Crippen molar-refractivity contribution in [3.05, 3.63) is 23.8 Å². The molecule has 4 rings (SSSR count). The van der Waals surface area contributed by atoms with Gasteiger partial charge in [0, 0.05) is 45.1 Å². The molecule has 7 heteroatoms. The van der Waals surface area contributed by atoms with E-state index in [4.69, 9.17) is 18.9 Å². The van der Waals surface area contributed by atoms with Crippen molar-refractivity contribution in [2.45, 2.75) is 37.5 Å². The summed E-state index contributed by atoms with van der Waals surface area (Å²) in [4.78, 5) is 6.97. The van der Waals surface area contributed by atoms with E-state index in [1.165, 1.54) is 31.2 Å². The Morgan fingerprint density at radius 1 is 1.19 bits per heavy atom. The molecular formula is C24H37N3O4. The number of hydrogen-bond donors (Lipinski definition) is 1. The first-order valence-electron chi connectivity index (χ1n) is 11.7. The Bertz CT molecular complexity index is 748. The SMILES string of the molecule is CN=C(NCC1(c2ccc3c(c2)OCCO3)CCCC1)N1CCC(COCCOC)C1. The van der Waals surface area contributed by atoms with Crippen LogP contribution in [0.15, 0.2) is 23.2 Å². The summed E-state index contributed by atoms with van der Waals surface area (Å²) in [5.41, 5.74) is 1.47. The van der Waals surface area contributed by atoms with Crippen molar-refractivity contribution in [2.75, 3.05) is 66.8 Å². The molecule has 3 aliphatic rings. The summed E-state index contributed by atoms with van der Waals surface area (Å²) in [5.74, 6) is 3.30. The van der Waals surface area contributed by atoms with Gasteiger partial charge in [-0.1, -0.05) is 18.9 Å². The van der Waals surface area contributed by atoms with Gasteiger partial charge in [-0.25, -0.2) is 0 Å². The molecule has 0 bridgehead atoms. The van der Waals surface area contributed by atoms with E-state index in [0.717, 1.165) is 50.1 Å². The number of nitrogens with zero attached hydrogens (tertiary/aromatic N) is 2. The van der Waals surface area contributed by atoms with Crippen LogP contribution in [0, 0.1) is 5.92 Å². The molecule has 1 N–H and O–H groups in total. The van der Waals surface area contributed by atoms with Crippen LogP contribution in [0.5, 0.6) is 11.5 Å². The fraction of sp³-hybridized carbons (Fsp3) is 0.708. The molecule has 2 heterocycles. The first-order chi connectivity index (χ1) is 15.2. The number of methoxy groups -OCH3 is 1. The topological polar surface area (TPSA) is 64.6 Å². The Morgan fingerprint density at radius 2 is 2.00 bits per heavy atom. The average Bonchev–Trinajstić information content (AvgIpc) is 3.48. The highest BCUT2D eigenvalue weighted by atomic mass is 16.6. The number of fused-ring (bicyclic) bond motifs is 1. The summed E-state index contributed by atoms with van der Waals surface area (Å²) < 4.78 is 22.4. The monoisotopic (exact) mass is 431 g/mol. The Labute approximate surface area is 186 Å². The number of likely N-dealkylation sites (tertiary alicyclic amines) is 1. The van der Waals surface area contributed by atoms with E-state index >= 15 is 0 Å². The van der Waals surface area contributed by atoms with Gasteiger partial charge in [0.1, 0.15) is 13.2 Å². The molecule has 1 aromatic rings. The summed E-state index contributed by atoms with van der Waals surface area (Å²) in [5, 5.41) is 3.71. The predicted octanol–water partition coefficient (Wildman–Crippen LogP) is 2.83. The predicted molar refractivity (Wildman–Crippen MR) is 121 cm³/mol. The number of nitrogens with one attached hydrogen (secondary N) is 1. The number of benzene rings is 1. The quantitative estimate of drug-likeness (QED) is 0.388. The van der Waals surface area contributed by atoms with E-state index in [9.17, 15) is 0 Å². The fourth-order valence-electron chi connectivity index (χ4n) is 5.13. The second kappa shape index (κ2) is 10.6. The Balaban J connectivity index is 1.37. The van der Waals surface area contributed by atoms with E-state index < -0.39 is 0 Å². The van der Waals surface area contributed by atoms with E-state index in [0.29, 0.717) is 32.3 Å². The minimum atomic E-state index is 0.119. The zero-order valence-electron chi connectivity index (χ0n) is 19.0. The highest BCUT2D eigenvalue weighted by Crippen LogP contribution is 2.43. The minimum absolute atomic E-state index is 0.119. The smallest absolute Gasteiger partial charge is 0.193 e. The molecule has 1 saturated heterocycles. The van der Waals surface area contributed by atoms with Crippen molar-refractivity contribution in [3.8, 4) is 11.5 Å². The van der Waals surface area contributed by atoms with Gasteiger partial charge < -0.3 is 29.2 Å². The number of aliphatic imine (C=N–C) groups is 1. The molecular weight excluding hydrogens is 394 g/mol. The zero-order chi connectivity index (χ0) is 21.5. The summed E-state index contributed by atoms with van der Waals surface area (Å²) in [7, 11) is 3.59. The third-order valence-electron chi connectivity index (χ3n) is 6.88. The van der Waals surface area contributed by atoms with E-state index in [1.807, 2.05) is 7.05 Å². The lowest BCUT2D eigenvalue weighted by molar-refractivity contribution is 0.0536. The third-order valence-corrected chi connectivity index (χ3v) is 6.88. The van der Waals surface area contributed by atoms with Crippen LogP contribution in [-0.2, 0) is 14.9 Å². The largest absolute Gasteiger partial charge is 0.486 e. The van der Waals surface area contributed by atoms with Crippen LogP contribution >= 0.6 is 0 Å². The van der Waals surface area contributed by atoms with Gasteiger partial charge >= 0.3 is 0 Å². The van der Waals surface area contributed by atoms with Gasteiger partial charge in [0.2, 0.25) is 0 Å². The van der Waals surface area contributed by atoms with E-state index in [2.05, 4.69) is 33.4 Å². The van der Waals surface area contributed by atoms with Crippen LogP contribution in [0.1, 0.15) is 37.7 Å². The van der Waals surface area contributed by atoms with Crippen LogP contribution in [0.4, 0.5) is 0 Å². The van der Waals surface area contributed by atoms with Crippen LogP contribution in [0.2, 0.25) is 0 Å². The summed E-state index contributed by atoms with van der Waals surface area (Å²) >= 11 is 0. The molecule has 1 aliphatic carbocycles. The number of hydrogen-bond acceptors (Lipinski definition) is 5. The molecule has 1 aromatic carbocycles. The van der Waals surface area contributed by atoms with Crippen LogP contribution in [0.3, 0.4) is 0 Å². The minimum Gasteiger partial charge on any atom is -0.486 e. The maximum Gasteiger partial charge on any atom is 0.193 e. The molecule has 0 spiro atoms. The molecule has 1 unspecified atom stereocenters. The molecule has 7 nitrogen and oxygen atoms in total. The lowest BCUT2D eigenvalue weighted by Crippen LogP contribution is -2.46. The first-order valence-corrected chi connectivity index (χ1v) is 11.7. The zero-order valence-corrected chi connectivity index (χ0v) is 19.0. The first kappa shape index (κ1) is 22.2. The van der Waals surface area contributed by atoms with Crippen molar-refractivity contribution in [3.63, 3.8) is 0 Å². The third kappa shape index (κ3) is 5.26. The highest BCUT2D eigenvalue weighted by Gasteiger charge is 2.37. The van der Waals surface area contributed by atoms with Gasteiger partial charge in [-0.15, -0.1) is 0 Å². The highest BCUT2D eigenvalue weighted by molar-refractivity contribution is 5.80. The van der Waals surface area contributed by atoms with Gasteiger partial charge in [-0.3, -0.25) is 4.99 Å². The van der Waals surface area contributed by atoms with Crippen molar-refractivity contribution in [2.24, 2.45) is 10.9 Å². The van der Waals surface area contributed by atoms with Gasteiger partial charge in [0.15, 0.2) is 17.5 Å². The second-order valence-corrected chi connectivity index (χ2v) is 8.92. The van der Waals surface area contributed by atoms with Crippen molar-refractivity contribution >= 4 is 5.96 Å². The molecule has 1 saturated carbocycles. The average molecular weight is 432 g/mol. The van der Waals surface area contributed by atoms with Crippen molar-refractivity contribution in [1.29, 1.82) is 0 Å². The van der Waals surface area contributed by atoms with Crippen LogP contribution in [-0.4, -0.2) is 77.7 Å². The summed E-state index contributed by atoms with van der Waals surface area (Å²) in [6, 6.07) is 6.51. The Kier molecular flexibility index (Phi) is 7.56. The van der Waals surface area contributed by atoms with Gasteiger partial charge in [0.05, 0.1) is 19.8 Å². The maximum atomic E-state index is 5.86. The molecule has 31 heavy (non-hydrogen) atoms. The Morgan fingerprint density at radius 3 is 2.77 bits per heavy atom. The normalized spacial score (nSPS) is 22.7. The number of ether oxygens (including phenoxy) is 4. The molecule has 0 amide bonds. The van der Waals surface area contributed by atoms with Crippen molar-refractivity contribution < 1.29 is 18.9 Å². The van der Waals surface area contributed by atoms with E-state index in [-0.39, 0.29) is 5.41 Å². The number of guanidine groups is 1. The molecule has 2 fully saturated rings. The lowest BCUT2D eigenvalue weighted by Gasteiger charge is -2.33. The molecule has 0 aromatic heterocycles. The maximum absolute atomic E-state index is 5.86. The second-order valence-electron chi connectivity index (χ2n) is 8.92.